The lowest BCUT2D eigenvalue weighted by atomic mass is 9.89. The van der Waals surface area contributed by atoms with E-state index in [0.29, 0.717) is 11.8 Å². The number of pyridine rings is 1. The average Bonchev–Trinajstić information content (AvgIpc) is 3.09. The van der Waals surface area contributed by atoms with Crippen LogP contribution in [-0.2, 0) is 11.3 Å². The molecule has 1 atom stereocenters. The zero-order valence-corrected chi connectivity index (χ0v) is 15.6. The summed E-state index contributed by atoms with van der Waals surface area (Å²) in [5.41, 5.74) is 2.08. The molecule has 0 amide bonds. The molecule has 0 spiro atoms. The maximum atomic E-state index is 11.9. The first-order valence-electron chi connectivity index (χ1n) is 9.43. The number of carboxylic acid groups (broad SMARTS) is 1. The lowest BCUT2D eigenvalue weighted by Crippen LogP contribution is -2.39. The monoisotopic (exact) mass is 356 g/mol. The largest absolute Gasteiger partial charge is 0.480 e. The molecule has 2 aromatic heterocycles. The molecule has 0 saturated carbocycles. The van der Waals surface area contributed by atoms with E-state index in [2.05, 4.69) is 41.0 Å². The number of piperidine rings is 1. The number of hydrogen-bond donors (Lipinski definition) is 1. The molecule has 6 heteroatoms. The highest BCUT2D eigenvalue weighted by Gasteiger charge is 2.32. The fourth-order valence-electron chi connectivity index (χ4n) is 3.67. The summed E-state index contributed by atoms with van der Waals surface area (Å²) in [6.45, 7) is 6.74. The second-order valence-corrected chi connectivity index (χ2v) is 7.55. The van der Waals surface area contributed by atoms with E-state index in [0.717, 1.165) is 44.5 Å². The summed E-state index contributed by atoms with van der Waals surface area (Å²) in [5, 5.41) is 14.2. The molecule has 2 aromatic rings. The third kappa shape index (κ3) is 4.49. The van der Waals surface area contributed by atoms with E-state index in [-0.39, 0.29) is 0 Å². The van der Waals surface area contributed by atoms with Crippen molar-refractivity contribution in [2.24, 2.45) is 5.92 Å². The van der Waals surface area contributed by atoms with Crippen LogP contribution in [0, 0.1) is 5.92 Å². The minimum Gasteiger partial charge on any atom is -0.480 e. The van der Waals surface area contributed by atoms with Gasteiger partial charge in [0.15, 0.2) is 0 Å². The van der Waals surface area contributed by atoms with Gasteiger partial charge in [0.2, 0.25) is 0 Å². The van der Waals surface area contributed by atoms with E-state index >= 15 is 0 Å². The summed E-state index contributed by atoms with van der Waals surface area (Å²) >= 11 is 0. The molecule has 0 unspecified atom stereocenters. The van der Waals surface area contributed by atoms with Crippen LogP contribution < -0.4 is 0 Å². The van der Waals surface area contributed by atoms with E-state index in [1.807, 2.05) is 23.3 Å². The van der Waals surface area contributed by atoms with Crippen molar-refractivity contribution in [1.82, 2.24) is 19.7 Å². The predicted octanol–water partition coefficient (Wildman–Crippen LogP) is 3.33. The minimum atomic E-state index is -0.796. The Morgan fingerprint density at radius 2 is 1.96 bits per heavy atom. The van der Waals surface area contributed by atoms with Crippen molar-refractivity contribution < 1.29 is 9.90 Å². The maximum Gasteiger partial charge on any atom is 0.325 e. The molecule has 3 rings (SSSR count). The summed E-state index contributed by atoms with van der Waals surface area (Å²) in [4.78, 5) is 18.1. The van der Waals surface area contributed by atoms with E-state index < -0.39 is 12.0 Å². The van der Waals surface area contributed by atoms with Gasteiger partial charge in [0.05, 0.1) is 6.20 Å². The topological polar surface area (TPSA) is 71.2 Å². The SMILES string of the molecule is CC(C)CCn1cc([C@H](C(=O)O)N2CCC(c3ccncc3)CC2)cn1. The van der Waals surface area contributed by atoms with Crippen LogP contribution in [0.1, 0.15) is 56.2 Å². The van der Waals surface area contributed by atoms with Crippen molar-refractivity contribution in [2.75, 3.05) is 13.1 Å². The van der Waals surface area contributed by atoms with Crippen LogP contribution in [0.2, 0.25) is 0 Å². The minimum absolute atomic E-state index is 0.484. The first-order valence-corrected chi connectivity index (χ1v) is 9.43. The molecule has 1 aliphatic heterocycles. The van der Waals surface area contributed by atoms with Gasteiger partial charge >= 0.3 is 5.97 Å². The molecule has 1 aliphatic rings. The molecule has 140 valence electrons. The van der Waals surface area contributed by atoms with Gasteiger partial charge in [0.25, 0.3) is 0 Å². The van der Waals surface area contributed by atoms with E-state index in [1.54, 1.807) is 6.20 Å². The van der Waals surface area contributed by atoms with Gasteiger partial charge in [-0.1, -0.05) is 13.8 Å². The van der Waals surface area contributed by atoms with Crippen LogP contribution in [0.5, 0.6) is 0 Å². The van der Waals surface area contributed by atoms with Crippen molar-refractivity contribution in [2.45, 2.75) is 51.6 Å². The Kier molecular flexibility index (Phi) is 6.04. The summed E-state index contributed by atoms with van der Waals surface area (Å²) in [7, 11) is 0. The highest BCUT2D eigenvalue weighted by molar-refractivity contribution is 5.75. The highest BCUT2D eigenvalue weighted by atomic mass is 16.4. The molecule has 1 saturated heterocycles. The van der Waals surface area contributed by atoms with Gasteiger partial charge in [-0.3, -0.25) is 19.4 Å². The molecule has 0 aliphatic carbocycles. The number of likely N-dealkylation sites (tertiary alicyclic amines) is 1. The molecule has 1 fully saturated rings. The van der Waals surface area contributed by atoms with Crippen molar-refractivity contribution in [1.29, 1.82) is 0 Å². The Hall–Kier alpha value is -2.21. The normalized spacial score (nSPS) is 17.5. The van der Waals surface area contributed by atoms with Crippen LogP contribution in [-0.4, -0.2) is 43.8 Å². The number of aliphatic carboxylic acids is 1. The third-order valence-corrected chi connectivity index (χ3v) is 5.21. The number of rotatable bonds is 7. The lowest BCUT2D eigenvalue weighted by molar-refractivity contribution is -0.144. The van der Waals surface area contributed by atoms with Crippen molar-refractivity contribution in [3.63, 3.8) is 0 Å². The number of aromatic nitrogens is 3. The van der Waals surface area contributed by atoms with Gasteiger partial charge in [-0.2, -0.15) is 5.10 Å². The van der Waals surface area contributed by atoms with Gasteiger partial charge in [0, 0.05) is 30.7 Å². The number of aryl methyl sites for hydroxylation is 1. The highest BCUT2D eigenvalue weighted by Crippen LogP contribution is 2.32. The van der Waals surface area contributed by atoms with Gasteiger partial charge in [-0.05, 0) is 61.9 Å². The number of nitrogens with zero attached hydrogens (tertiary/aromatic N) is 4. The molecule has 0 bridgehead atoms. The lowest BCUT2D eigenvalue weighted by Gasteiger charge is -2.35. The summed E-state index contributed by atoms with van der Waals surface area (Å²) in [5.74, 6) is 0.290. The summed E-state index contributed by atoms with van der Waals surface area (Å²) in [6, 6.07) is 3.52. The zero-order chi connectivity index (χ0) is 18.5. The fraction of sp³-hybridized carbons (Fsp3) is 0.550. The Balaban J connectivity index is 1.65. The van der Waals surface area contributed by atoms with Gasteiger partial charge in [-0.15, -0.1) is 0 Å². The Morgan fingerprint density at radius 1 is 1.27 bits per heavy atom. The van der Waals surface area contributed by atoms with Crippen LogP contribution in [0.15, 0.2) is 36.9 Å². The first-order chi connectivity index (χ1) is 12.5. The Labute approximate surface area is 154 Å². The van der Waals surface area contributed by atoms with Crippen molar-refractivity contribution in [3.8, 4) is 0 Å². The Bertz CT molecular complexity index is 706. The van der Waals surface area contributed by atoms with Crippen LogP contribution in [0.4, 0.5) is 0 Å². The zero-order valence-electron chi connectivity index (χ0n) is 15.6. The predicted molar refractivity (Wildman–Crippen MR) is 99.8 cm³/mol. The molecular formula is C20H28N4O2. The molecule has 1 N–H and O–H groups in total. The molecule has 0 radical (unpaired) electrons. The number of hydrogen-bond acceptors (Lipinski definition) is 4. The van der Waals surface area contributed by atoms with Crippen LogP contribution in [0.3, 0.4) is 0 Å². The third-order valence-electron chi connectivity index (χ3n) is 5.21. The first kappa shape index (κ1) is 18.6. The number of carbonyl (C=O) groups is 1. The van der Waals surface area contributed by atoms with Crippen LogP contribution >= 0.6 is 0 Å². The van der Waals surface area contributed by atoms with Gasteiger partial charge < -0.3 is 5.11 Å². The second-order valence-electron chi connectivity index (χ2n) is 7.55. The average molecular weight is 356 g/mol. The van der Waals surface area contributed by atoms with Crippen LogP contribution in [0.25, 0.3) is 0 Å². The molecule has 6 nitrogen and oxygen atoms in total. The Morgan fingerprint density at radius 3 is 2.58 bits per heavy atom. The second kappa shape index (κ2) is 8.45. The summed E-state index contributed by atoms with van der Waals surface area (Å²) < 4.78 is 1.87. The molecular weight excluding hydrogens is 328 g/mol. The molecule has 0 aromatic carbocycles. The van der Waals surface area contributed by atoms with Gasteiger partial charge in [0.1, 0.15) is 6.04 Å². The maximum absolute atomic E-state index is 11.9. The van der Waals surface area contributed by atoms with Gasteiger partial charge in [-0.25, -0.2) is 0 Å². The van der Waals surface area contributed by atoms with E-state index in [4.69, 9.17) is 0 Å². The fourth-order valence-corrected chi connectivity index (χ4v) is 3.67. The molecule has 26 heavy (non-hydrogen) atoms. The summed E-state index contributed by atoms with van der Waals surface area (Å²) in [6.07, 6.45) is 10.2. The number of carboxylic acids is 1. The van der Waals surface area contributed by atoms with Crippen molar-refractivity contribution >= 4 is 5.97 Å². The molecule has 3 heterocycles. The van der Waals surface area contributed by atoms with Crippen molar-refractivity contribution in [3.05, 3.63) is 48.0 Å². The standard InChI is InChI=1S/C20H28N4O2/c1-15(2)5-12-24-14-18(13-22-24)19(20(25)26)23-10-6-17(7-11-23)16-3-8-21-9-4-16/h3-4,8-9,13-15,17,19H,5-7,10-12H2,1-2H3,(H,25,26)/t19-/m1/s1. The van der Waals surface area contributed by atoms with E-state index in [9.17, 15) is 9.90 Å². The van der Waals surface area contributed by atoms with E-state index in [1.165, 1.54) is 5.56 Å². The smallest absolute Gasteiger partial charge is 0.325 e. The quantitative estimate of drug-likeness (QED) is 0.824.